The van der Waals surface area contributed by atoms with Crippen molar-refractivity contribution in [3.8, 4) is 0 Å². The van der Waals surface area contributed by atoms with Gasteiger partial charge in [0.15, 0.2) is 0 Å². The minimum absolute atomic E-state index is 0.120. The van der Waals surface area contributed by atoms with E-state index in [0.29, 0.717) is 6.54 Å². The lowest BCUT2D eigenvalue weighted by Crippen LogP contribution is -2.14. The quantitative estimate of drug-likeness (QED) is 0.689. The molecule has 0 saturated heterocycles. The molecule has 5 nitrogen and oxygen atoms in total. The predicted molar refractivity (Wildman–Crippen MR) is 83.6 cm³/mol. The van der Waals surface area contributed by atoms with Gasteiger partial charge in [-0.1, -0.05) is 0 Å². The van der Waals surface area contributed by atoms with Crippen molar-refractivity contribution in [1.82, 2.24) is 15.2 Å². The van der Waals surface area contributed by atoms with E-state index in [2.05, 4.69) is 21.6 Å². The summed E-state index contributed by atoms with van der Waals surface area (Å²) in [6, 6.07) is 4.08. The summed E-state index contributed by atoms with van der Waals surface area (Å²) in [5, 5.41) is 21.9. The van der Waals surface area contributed by atoms with Crippen molar-refractivity contribution >= 4 is 27.6 Å². The van der Waals surface area contributed by atoms with E-state index >= 15 is 0 Å². The lowest BCUT2D eigenvalue weighted by atomic mass is 9.88. The number of aromatic nitrogens is 3. The zero-order chi connectivity index (χ0) is 14.2. The van der Waals surface area contributed by atoms with Crippen molar-refractivity contribution < 1.29 is 5.11 Å². The van der Waals surface area contributed by atoms with Crippen LogP contribution < -0.4 is 5.32 Å². The van der Waals surface area contributed by atoms with Crippen molar-refractivity contribution in [3.63, 3.8) is 0 Å². The van der Waals surface area contributed by atoms with Crippen molar-refractivity contribution in [3.05, 3.63) is 29.5 Å². The number of rotatable bonds is 3. The lowest BCUT2D eigenvalue weighted by Gasteiger charge is -2.22. The van der Waals surface area contributed by atoms with E-state index in [1.54, 1.807) is 0 Å². The summed E-state index contributed by atoms with van der Waals surface area (Å²) in [6.07, 6.45) is 6.47. The Kier molecular flexibility index (Phi) is 3.00. The van der Waals surface area contributed by atoms with Crippen LogP contribution in [-0.4, -0.2) is 33.4 Å². The molecule has 2 heterocycles. The van der Waals surface area contributed by atoms with Crippen molar-refractivity contribution in [2.75, 3.05) is 18.5 Å². The highest BCUT2D eigenvalue weighted by atomic mass is 16.3. The molecule has 1 aromatic carbocycles. The highest BCUT2D eigenvalue weighted by Crippen LogP contribution is 2.35. The van der Waals surface area contributed by atoms with Gasteiger partial charge in [0.1, 0.15) is 5.82 Å². The molecule has 2 aromatic heterocycles. The average Bonchev–Trinajstić information content (AvgIpc) is 3.00. The minimum atomic E-state index is 0.120. The molecule has 0 bridgehead atoms. The van der Waals surface area contributed by atoms with E-state index in [9.17, 15) is 0 Å². The fourth-order valence-corrected chi connectivity index (χ4v) is 3.37. The van der Waals surface area contributed by atoms with Crippen LogP contribution in [0.25, 0.3) is 21.8 Å². The first kappa shape index (κ1) is 12.6. The molecule has 0 aliphatic heterocycles. The van der Waals surface area contributed by atoms with Crippen molar-refractivity contribution in [2.24, 2.45) is 0 Å². The second-order valence-corrected chi connectivity index (χ2v) is 5.57. The van der Waals surface area contributed by atoms with Crippen LogP contribution in [0.3, 0.4) is 0 Å². The summed E-state index contributed by atoms with van der Waals surface area (Å²) in [5.74, 6) is 0.939. The molecule has 5 heteroatoms. The number of aliphatic hydroxyl groups excluding tert-OH is 1. The minimum Gasteiger partial charge on any atom is -0.395 e. The maximum Gasteiger partial charge on any atom is 0.130 e. The zero-order valence-electron chi connectivity index (χ0n) is 11.8. The Morgan fingerprint density at radius 3 is 2.90 bits per heavy atom. The molecule has 0 spiro atoms. The number of nitrogens with one attached hydrogen (secondary N) is 2. The SMILES string of the molecule is OCCNc1nc2ccc3[nH]ncc3c2c2c1CCCC2. The van der Waals surface area contributed by atoms with Crippen LogP contribution >= 0.6 is 0 Å². The second-order valence-electron chi connectivity index (χ2n) is 5.57. The summed E-state index contributed by atoms with van der Waals surface area (Å²) in [6.45, 7) is 0.661. The van der Waals surface area contributed by atoms with Gasteiger partial charge >= 0.3 is 0 Å². The third-order valence-electron chi connectivity index (χ3n) is 4.29. The van der Waals surface area contributed by atoms with E-state index in [1.807, 2.05) is 12.3 Å². The molecule has 21 heavy (non-hydrogen) atoms. The molecule has 0 amide bonds. The third kappa shape index (κ3) is 1.96. The Hall–Kier alpha value is -2.14. The first-order chi connectivity index (χ1) is 10.4. The van der Waals surface area contributed by atoms with E-state index in [4.69, 9.17) is 10.1 Å². The Bertz CT molecular complexity index is 809. The van der Waals surface area contributed by atoms with Gasteiger partial charge < -0.3 is 10.4 Å². The van der Waals surface area contributed by atoms with Crippen LogP contribution in [0, 0.1) is 0 Å². The van der Waals surface area contributed by atoms with Crippen LogP contribution in [0.2, 0.25) is 0 Å². The lowest BCUT2D eigenvalue weighted by molar-refractivity contribution is 0.311. The summed E-state index contributed by atoms with van der Waals surface area (Å²) in [7, 11) is 0. The molecule has 3 aromatic rings. The second kappa shape index (κ2) is 5.00. The topological polar surface area (TPSA) is 73.8 Å². The molecule has 1 aliphatic rings. The van der Waals surface area contributed by atoms with Gasteiger partial charge in [-0.05, 0) is 48.9 Å². The first-order valence-corrected chi connectivity index (χ1v) is 7.51. The van der Waals surface area contributed by atoms with Crippen LogP contribution in [0.5, 0.6) is 0 Å². The number of hydrogen-bond donors (Lipinski definition) is 3. The van der Waals surface area contributed by atoms with Crippen LogP contribution in [0.15, 0.2) is 18.3 Å². The maximum atomic E-state index is 9.06. The number of H-pyrrole nitrogens is 1. The largest absolute Gasteiger partial charge is 0.395 e. The number of benzene rings is 1. The number of nitrogens with zero attached hydrogens (tertiary/aromatic N) is 2. The molecule has 0 radical (unpaired) electrons. The van der Waals surface area contributed by atoms with Gasteiger partial charge in [0.25, 0.3) is 0 Å². The number of aryl methyl sites for hydroxylation is 1. The van der Waals surface area contributed by atoms with Gasteiger partial charge in [-0.2, -0.15) is 5.10 Å². The Morgan fingerprint density at radius 2 is 2.05 bits per heavy atom. The van der Waals surface area contributed by atoms with Gasteiger partial charge in [-0.15, -0.1) is 0 Å². The molecule has 108 valence electrons. The van der Waals surface area contributed by atoms with Crippen LogP contribution in [-0.2, 0) is 12.8 Å². The fraction of sp³-hybridized carbons (Fsp3) is 0.375. The smallest absolute Gasteiger partial charge is 0.130 e. The molecule has 1 aliphatic carbocycles. The normalized spacial score (nSPS) is 14.5. The molecule has 0 saturated carbocycles. The number of fused-ring (bicyclic) bond motifs is 5. The number of pyridine rings is 1. The van der Waals surface area contributed by atoms with Gasteiger partial charge in [0, 0.05) is 17.3 Å². The Balaban J connectivity index is 2.03. The summed E-state index contributed by atoms with van der Waals surface area (Å²) < 4.78 is 0. The average molecular weight is 282 g/mol. The fourth-order valence-electron chi connectivity index (χ4n) is 3.37. The van der Waals surface area contributed by atoms with Crippen molar-refractivity contribution in [1.29, 1.82) is 0 Å². The number of anilines is 1. The monoisotopic (exact) mass is 282 g/mol. The summed E-state index contributed by atoms with van der Waals surface area (Å²) >= 11 is 0. The van der Waals surface area contributed by atoms with Gasteiger partial charge in [0.2, 0.25) is 0 Å². The molecular weight excluding hydrogens is 264 g/mol. The maximum absolute atomic E-state index is 9.06. The molecule has 3 N–H and O–H groups in total. The van der Waals surface area contributed by atoms with Gasteiger partial charge in [-0.3, -0.25) is 5.10 Å². The summed E-state index contributed by atoms with van der Waals surface area (Å²) in [5.41, 5.74) is 4.78. The van der Waals surface area contributed by atoms with E-state index < -0.39 is 0 Å². The van der Waals surface area contributed by atoms with Crippen LogP contribution in [0.1, 0.15) is 24.0 Å². The van der Waals surface area contributed by atoms with Crippen molar-refractivity contribution in [2.45, 2.75) is 25.7 Å². The van der Waals surface area contributed by atoms with Crippen LogP contribution in [0.4, 0.5) is 5.82 Å². The third-order valence-corrected chi connectivity index (χ3v) is 4.29. The number of aromatic amines is 1. The highest BCUT2D eigenvalue weighted by Gasteiger charge is 2.19. The molecular formula is C16H18N4O. The van der Waals surface area contributed by atoms with E-state index in [-0.39, 0.29) is 6.61 Å². The predicted octanol–water partition coefficient (Wildman–Crippen LogP) is 2.39. The number of hydrogen-bond acceptors (Lipinski definition) is 4. The van der Waals surface area contributed by atoms with E-state index in [0.717, 1.165) is 35.1 Å². The number of aliphatic hydroxyl groups is 1. The zero-order valence-corrected chi connectivity index (χ0v) is 11.8. The molecule has 0 fully saturated rings. The Morgan fingerprint density at radius 1 is 1.19 bits per heavy atom. The van der Waals surface area contributed by atoms with Gasteiger partial charge in [-0.25, -0.2) is 4.98 Å². The van der Waals surface area contributed by atoms with Gasteiger partial charge in [0.05, 0.1) is 23.8 Å². The standard InChI is InChI=1S/C16H18N4O/c21-8-7-17-16-11-4-2-1-3-10(11)15-12-9-18-20-13(12)5-6-14(15)19-16/h5-6,9,21H,1-4,7-8H2,(H,17,19)(H,18,20). The first-order valence-electron chi connectivity index (χ1n) is 7.51. The summed E-state index contributed by atoms with van der Waals surface area (Å²) in [4.78, 5) is 4.79. The Labute approximate surface area is 122 Å². The highest BCUT2D eigenvalue weighted by molar-refractivity contribution is 6.07. The van der Waals surface area contributed by atoms with E-state index in [1.165, 1.54) is 29.4 Å². The molecule has 4 rings (SSSR count). The molecule has 0 atom stereocenters. The molecule has 0 unspecified atom stereocenters.